The normalized spacial score (nSPS) is 12.7. The Labute approximate surface area is 113 Å². The Bertz CT molecular complexity index is 420. The molecule has 1 aromatic carbocycles. The van der Waals surface area contributed by atoms with Crippen molar-refractivity contribution in [2.45, 2.75) is 39.8 Å². The summed E-state index contributed by atoms with van der Waals surface area (Å²) in [6, 6.07) is 5.97. The van der Waals surface area contributed by atoms with E-state index in [-0.39, 0.29) is 12.6 Å². The standard InChI is InChI=1S/C14H20ClNO2/c1-4-11(3)16(9-14(17)18)8-12-5-6-13(15)7-10(12)2/h5-7,11H,4,8-9H2,1-3H3,(H,17,18). The zero-order chi connectivity index (χ0) is 13.7. The minimum absolute atomic E-state index is 0.0665. The average Bonchev–Trinajstić information content (AvgIpc) is 2.30. The number of halogens is 1. The molecule has 100 valence electrons. The van der Waals surface area contributed by atoms with Crippen molar-refractivity contribution in [1.82, 2.24) is 4.90 Å². The van der Waals surface area contributed by atoms with Crippen LogP contribution >= 0.6 is 11.6 Å². The predicted octanol–water partition coefficient (Wildman–Crippen LogP) is 3.33. The average molecular weight is 270 g/mol. The maximum absolute atomic E-state index is 10.9. The summed E-state index contributed by atoms with van der Waals surface area (Å²) in [5.41, 5.74) is 2.22. The van der Waals surface area contributed by atoms with Crippen molar-refractivity contribution in [2.24, 2.45) is 0 Å². The molecule has 1 N–H and O–H groups in total. The Morgan fingerprint density at radius 1 is 1.50 bits per heavy atom. The SMILES string of the molecule is CCC(C)N(CC(=O)O)Cc1ccc(Cl)cc1C. The Morgan fingerprint density at radius 3 is 2.67 bits per heavy atom. The second-order valence-corrected chi connectivity index (χ2v) is 5.06. The lowest BCUT2D eigenvalue weighted by Crippen LogP contribution is -2.36. The molecule has 0 amide bonds. The maximum atomic E-state index is 10.9. The Hall–Kier alpha value is -1.06. The summed E-state index contributed by atoms with van der Waals surface area (Å²) in [4.78, 5) is 12.9. The number of benzene rings is 1. The molecular weight excluding hydrogens is 250 g/mol. The van der Waals surface area contributed by atoms with Gasteiger partial charge in [-0.15, -0.1) is 0 Å². The van der Waals surface area contributed by atoms with Gasteiger partial charge in [-0.05, 0) is 43.5 Å². The van der Waals surface area contributed by atoms with Gasteiger partial charge < -0.3 is 5.11 Å². The van der Waals surface area contributed by atoms with E-state index in [1.165, 1.54) is 0 Å². The van der Waals surface area contributed by atoms with Crippen molar-refractivity contribution in [3.05, 3.63) is 34.3 Å². The summed E-state index contributed by atoms with van der Waals surface area (Å²) >= 11 is 5.92. The summed E-state index contributed by atoms with van der Waals surface area (Å²) in [7, 11) is 0. The first-order valence-electron chi connectivity index (χ1n) is 6.15. The van der Waals surface area contributed by atoms with Crippen LogP contribution in [0.25, 0.3) is 0 Å². The van der Waals surface area contributed by atoms with Crippen LogP contribution in [0, 0.1) is 6.92 Å². The Balaban J connectivity index is 2.85. The van der Waals surface area contributed by atoms with E-state index in [9.17, 15) is 4.79 Å². The Morgan fingerprint density at radius 2 is 2.17 bits per heavy atom. The highest BCUT2D eigenvalue weighted by molar-refractivity contribution is 6.30. The van der Waals surface area contributed by atoms with Crippen LogP contribution in [0.4, 0.5) is 0 Å². The third-order valence-corrected chi connectivity index (χ3v) is 3.47. The van der Waals surface area contributed by atoms with Gasteiger partial charge in [0.25, 0.3) is 0 Å². The van der Waals surface area contributed by atoms with Gasteiger partial charge in [0.15, 0.2) is 0 Å². The molecule has 0 aromatic heterocycles. The molecule has 0 saturated carbocycles. The fraction of sp³-hybridized carbons (Fsp3) is 0.500. The lowest BCUT2D eigenvalue weighted by molar-refractivity contribution is -0.139. The van der Waals surface area contributed by atoms with Crippen LogP contribution in [0.3, 0.4) is 0 Å². The topological polar surface area (TPSA) is 40.5 Å². The monoisotopic (exact) mass is 269 g/mol. The zero-order valence-electron chi connectivity index (χ0n) is 11.1. The highest BCUT2D eigenvalue weighted by atomic mass is 35.5. The van der Waals surface area contributed by atoms with Gasteiger partial charge in [-0.2, -0.15) is 0 Å². The molecule has 0 radical (unpaired) electrons. The Kier molecular flexibility index (Phi) is 5.63. The fourth-order valence-corrected chi connectivity index (χ4v) is 2.08. The summed E-state index contributed by atoms with van der Waals surface area (Å²) in [6.07, 6.45) is 0.930. The summed E-state index contributed by atoms with van der Waals surface area (Å²) in [5, 5.41) is 9.67. The number of nitrogens with zero attached hydrogens (tertiary/aromatic N) is 1. The maximum Gasteiger partial charge on any atom is 0.317 e. The smallest absolute Gasteiger partial charge is 0.317 e. The second-order valence-electron chi connectivity index (χ2n) is 4.63. The molecule has 0 saturated heterocycles. The number of aliphatic carboxylic acids is 1. The van der Waals surface area contributed by atoms with Crippen LogP contribution in [-0.4, -0.2) is 28.6 Å². The largest absolute Gasteiger partial charge is 0.480 e. The molecule has 0 spiro atoms. The number of hydrogen-bond acceptors (Lipinski definition) is 2. The lowest BCUT2D eigenvalue weighted by Gasteiger charge is -2.27. The van der Waals surface area contributed by atoms with Crippen molar-refractivity contribution in [3.63, 3.8) is 0 Å². The quantitative estimate of drug-likeness (QED) is 0.861. The van der Waals surface area contributed by atoms with Crippen molar-refractivity contribution in [1.29, 1.82) is 0 Å². The predicted molar refractivity (Wildman–Crippen MR) is 74.0 cm³/mol. The van der Waals surface area contributed by atoms with Crippen LogP contribution in [0.15, 0.2) is 18.2 Å². The van der Waals surface area contributed by atoms with Gasteiger partial charge in [0.2, 0.25) is 0 Å². The number of carboxylic acid groups (broad SMARTS) is 1. The zero-order valence-corrected chi connectivity index (χ0v) is 11.9. The summed E-state index contributed by atoms with van der Waals surface area (Å²) < 4.78 is 0. The third-order valence-electron chi connectivity index (χ3n) is 3.23. The van der Waals surface area contributed by atoms with E-state index in [4.69, 9.17) is 16.7 Å². The number of hydrogen-bond donors (Lipinski definition) is 1. The number of rotatable bonds is 6. The van der Waals surface area contributed by atoms with E-state index in [0.717, 1.165) is 17.5 Å². The molecule has 18 heavy (non-hydrogen) atoms. The van der Waals surface area contributed by atoms with Crippen LogP contribution in [0.2, 0.25) is 5.02 Å². The third kappa shape index (κ3) is 4.31. The van der Waals surface area contributed by atoms with Gasteiger partial charge in [0.05, 0.1) is 6.54 Å². The van der Waals surface area contributed by atoms with E-state index < -0.39 is 5.97 Å². The van der Waals surface area contributed by atoms with Crippen LogP contribution in [-0.2, 0) is 11.3 Å². The highest BCUT2D eigenvalue weighted by Crippen LogP contribution is 2.18. The van der Waals surface area contributed by atoms with Gasteiger partial charge >= 0.3 is 5.97 Å². The molecule has 3 nitrogen and oxygen atoms in total. The highest BCUT2D eigenvalue weighted by Gasteiger charge is 2.16. The molecule has 1 atom stereocenters. The van der Waals surface area contributed by atoms with Gasteiger partial charge in [-0.3, -0.25) is 9.69 Å². The molecule has 4 heteroatoms. The first-order valence-corrected chi connectivity index (χ1v) is 6.52. The van der Waals surface area contributed by atoms with E-state index in [1.807, 2.05) is 36.9 Å². The molecular formula is C14H20ClNO2. The van der Waals surface area contributed by atoms with Crippen LogP contribution < -0.4 is 0 Å². The number of carbonyl (C=O) groups is 1. The minimum atomic E-state index is -0.790. The van der Waals surface area contributed by atoms with E-state index in [2.05, 4.69) is 6.92 Å². The van der Waals surface area contributed by atoms with Gasteiger partial charge in [-0.25, -0.2) is 0 Å². The second kappa shape index (κ2) is 6.76. The molecule has 0 bridgehead atoms. The van der Waals surface area contributed by atoms with Crippen LogP contribution in [0.1, 0.15) is 31.4 Å². The number of carboxylic acids is 1. The first kappa shape index (κ1) is 15.0. The molecule has 0 aliphatic rings. The molecule has 0 aliphatic heterocycles. The van der Waals surface area contributed by atoms with E-state index in [0.29, 0.717) is 11.6 Å². The fourth-order valence-electron chi connectivity index (χ4n) is 1.86. The summed E-state index contributed by atoms with van der Waals surface area (Å²) in [6.45, 7) is 6.82. The number of aryl methyl sites for hydroxylation is 1. The molecule has 1 rings (SSSR count). The molecule has 0 aliphatic carbocycles. The van der Waals surface area contributed by atoms with Gasteiger partial charge in [-0.1, -0.05) is 24.6 Å². The van der Waals surface area contributed by atoms with Crippen LogP contribution in [0.5, 0.6) is 0 Å². The molecule has 1 unspecified atom stereocenters. The first-order chi connectivity index (χ1) is 8.43. The lowest BCUT2D eigenvalue weighted by atomic mass is 10.1. The van der Waals surface area contributed by atoms with Crippen molar-refractivity contribution in [2.75, 3.05) is 6.54 Å². The van der Waals surface area contributed by atoms with E-state index in [1.54, 1.807) is 0 Å². The van der Waals surface area contributed by atoms with Gasteiger partial charge in [0, 0.05) is 17.6 Å². The molecule has 0 fully saturated rings. The molecule has 1 aromatic rings. The van der Waals surface area contributed by atoms with Crippen molar-refractivity contribution < 1.29 is 9.90 Å². The van der Waals surface area contributed by atoms with E-state index >= 15 is 0 Å². The molecule has 0 heterocycles. The van der Waals surface area contributed by atoms with Crippen molar-refractivity contribution in [3.8, 4) is 0 Å². The van der Waals surface area contributed by atoms with Crippen molar-refractivity contribution >= 4 is 17.6 Å². The summed E-state index contributed by atoms with van der Waals surface area (Å²) in [5.74, 6) is -0.790. The minimum Gasteiger partial charge on any atom is -0.480 e. The van der Waals surface area contributed by atoms with Gasteiger partial charge in [0.1, 0.15) is 0 Å².